The molecule has 0 atom stereocenters. The second kappa shape index (κ2) is 8.33. The molecule has 0 aliphatic rings. The third-order valence-electron chi connectivity index (χ3n) is 3.74. The fraction of sp³-hybridized carbons (Fsp3) is 0.158. The quantitative estimate of drug-likeness (QED) is 0.591. The molecule has 3 N–H and O–H groups in total. The van der Waals surface area contributed by atoms with E-state index in [2.05, 4.69) is 10.3 Å². The molecule has 1 aromatic heterocycles. The van der Waals surface area contributed by atoms with Gasteiger partial charge in [-0.05, 0) is 24.3 Å². The average Bonchev–Trinajstić information content (AvgIpc) is 2.68. The van der Waals surface area contributed by atoms with Gasteiger partial charge >= 0.3 is 0 Å². The summed E-state index contributed by atoms with van der Waals surface area (Å²) in [6.45, 7) is 0.705. The lowest BCUT2D eigenvalue weighted by atomic mass is 10.1. The van der Waals surface area contributed by atoms with E-state index in [1.165, 1.54) is 25.3 Å². The summed E-state index contributed by atoms with van der Waals surface area (Å²) in [6.07, 6.45) is 2.03. The molecule has 1 heterocycles. The number of methoxy groups -OCH3 is 1. The molecule has 7 nitrogen and oxygen atoms in total. The molecule has 8 heteroatoms. The number of amides is 1. The van der Waals surface area contributed by atoms with Crippen LogP contribution in [0.2, 0.25) is 0 Å². The molecular weight excluding hydrogens is 353 g/mol. The fourth-order valence-corrected chi connectivity index (χ4v) is 2.52. The van der Waals surface area contributed by atoms with E-state index in [9.17, 15) is 9.18 Å². The van der Waals surface area contributed by atoms with Crippen LogP contribution in [-0.2, 0) is 4.79 Å². The number of carbonyl (C=O) groups excluding carboxylic acids is 1. The number of fused-ring (bicyclic) bond motifs is 1. The van der Waals surface area contributed by atoms with Crippen molar-refractivity contribution in [1.82, 2.24) is 4.98 Å². The van der Waals surface area contributed by atoms with Gasteiger partial charge in [0.25, 0.3) is 0 Å². The molecule has 140 valence electrons. The standard InChI is InChI=1S/C19H18FN3O4/c1-25-18-9-13-15(10-19(18)26-7-5-21)22-6-4-16(13)27-17-3-2-12(23-11-24)8-14(17)20/h2-4,6,8-11H,5,7,21H2,1H3,(H,23,24). The van der Waals surface area contributed by atoms with Gasteiger partial charge in [-0.1, -0.05) is 0 Å². The predicted octanol–water partition coefficient (Wildman–Crippen LogP) is 3.08. The second-order valence-electron chi connectivity index (χ2n) is 5.48. The Kier molecular flexibility index (Phi) is 5.68. The first-order valence-electron chi connectivity index (χ1n) is 8.13. The lowest BCUT2D eigenvalue weighted by Crippen LogP contribution is -2.11. The van der Waals surface area contributed by atoms with E-state index in [1.807, 2.05) is 0 Å². The molecule has 2 aromatic carbocycles. The normalized spacial score (nSPS) is 10.5. The Morgan fingerprint density at radius 2 is 2.00 bits per heavy atom. The van der Waals surface area contributed by atoms with Gasteiger partial charge in [-0.15, -0.1) is 0 Å². The van der Waals surface area contributed by atoms with Crippen molar-refractivity contribution in [1.29, 1.82) is 0 Å². The largest absolute Gasteiger partial charge is 0.493 e. The zero-order valence-electron chi connectivity index (χ0n) is 14.6. The number of rotatable bonds is 8. The third kappa shape index (κ3) is 4.06. The van der Waals surface area contributed by atoms with Crippen LogP contribution in [0, 0.1) is 5.82 Å². The van der Waals surface area contributed by atoms with Gasteiger partial charge in [0.05, 0.1) is 12.6 Å². The van der Waals surface area contributed by atoms with Crippen molar-refractivity contribution in [3.05, 3.63) is 48.4 Å². The summed E-state index contributed by atoms with van der Waals surface area (Å²) in [4.78, 5) is 14.8. The molecule has 1 amide bonds. The van der Waals surface area contributed by atoms with E-state index in [0.29, 0.717) is 53.4 Å². The molecular formula is C19H18FN3O4. The Morgan fingerprint density at radius 3 is 2.70 bits per heavy atom. The van der Waals surface area contributed by atoms with Gasteiger partial charge in [0.2, 0.25) is 6.41 Å². The molecule has 0 unspecified atom stereocenters. The number of hydrogen-bond acceptors (Lipinski definition) is 6. The number of pyridine rings is 1. The molecule has 0 aliphatic carbocycles. The van der Waals surface area contributed by atoms with Crippen LogP contribution < -0.4 is 25.3 Å². The summed E-state index contributed by atoms with van der Waals surface area (Å²) < 4.78 is 30.9. The van der Waals surface area contributed by atoms with Crippen LogP contribution in [0.15, 0.2) is 42.6 Å². The van der Waals surface area contributed by atoms with Crippen molar-refractivity contribution in [3.63, 3.8) is 0 Å². The maximum absolute atomic E-state index is 14.3. The van der Waals surface area contributed by atoms with Gasteiger partial charge in [-0.3, -0.25) is 9.78 Å². The topological polar surface area (TPSA) is 95.7 Å². The minimum absolute atomic E-state index is 0.0152. The van der Waals surface area contributed by atoms with Crippen LogP contribution in [0.5, 0.6) is 23.0 Å². The van der Waals surface area contributed by atoms with Crippen molar-refractivity contribution in [2.75, 3.05) is 25.6 Å². The van der Waals surface area contributed by atoms with Crippen molar-refractivity contribution >= 4 is 23.0 Å². The zero-order valence-corrected chi connectivity index (χ0v) is 14.6. The number of ether oxygens (including phenoxy) is 3. The van der Waals surface area contributed by atoms with Crippen molar-refractivity contribution in [2.45, 2.75) is 0 Å². The Labute approximate surface area is 154 Å². The summed E-state index contributed by atoms with van der Waals surface area (Å²) in [6, 6.07) is 9.19. The molecule has 3 aromatic rings. The van der Waals surface area contributed by atoms with E-state index in [-0.39, 0.29) is 5.75 Å². The Hall–Kier alpha value is -3.39. The molecule has 0 fully saturated rings. The number of anilines is 1. The van der Waals surface area contributed by atoms with Crippen molar-refractivity contribution in [3.8, 4) is 23.0 Å². The van der Waals surface area contributed by atoms with Crippen LogP contribution >= 0.6 is 0 Å². The number of nitrogens with zero attached hydrogens (tertiary/aromatic N) is 1. The number of nitrogens with one attached hydrogen (secondary N) is 1. The number of nitrogens with two attached hydrogens (primary N) is 1. The molecule has 3 rings (SSSR count). The molecule has 0 spiro atoms. The number of aromatic nitrogens is 1. The average molecular weight is 371 g/mol. The van der Waals surface area contributed by atoms with Crippen LogP contribution in [0.4, 0.5) is 10.1 Å². The highest BCUT2D eigenvalue weighted by atomic mass is 19.1. The second-order valence-corrected chi connectivity index (χ2v) is 5.48. The van der Waals surface area contributed by atoms with Gasteiger partial charge in [0.15, 0.2) is 23.1 Å². The predicted molar refractivity (Wildman–Crippen MR) is 99.0 cm³/mol. The van der Waals surface area contributed by atoms with Gasteiger partial charge in [0, 0.05) is 35.9 Å². The summed E-state index contributed by atoms with van der Waals surface area (Å²) in [5.74, 6) is 0.803. The van der Waals surface area contributed by atoms with Gasteiger partial charge in [0.1, 0.15) is 12.4 Å². The highest BCUT2D eigenvalue weighted by Gasteiger charge is 2.13. The first-order valence-corrected chi connectivity index (χ1v) is 8.13. The van der Waals surface area contributed by atoms with Crippen LogP contribution in [0.25, 0.3) is 10.9 Å². The maximum Gasteiger partial charge on any atom is 0.211 e. The van der Waals surface area contributed by atoms with Gasteiger partial charge in [-0.2, -0.15) is 0 Å². The van der Waals surface area contributed by atoms with Crippen molar-refractivity contribution < 1.29 is 23.4 Å². The lowest BCUT2D eigenvalue weighted by molar-refractivity contribution is -0.105. The third-order valence-corrected chi connectivity index (χ3v) is 3.74. The summed E-state index contributed by atoms with van der Waals surface area (Å²) in [5.41, 5.74) is 6.40. The summed E-state index contributed by atoms with van der Waals surface area (Å²) in [7, 11) is 1.52. The summed E-state index contributed by atoms with van der Waals surface area (Å²) in [5, 5.41) is 3.01. The van der Waals surface area contributed by atoms with E-state index >= 15 is 0 Å². The lowest BCUT2D eigenvalue weighted by Gasteiger charge is -2.14. The zero-order chi connectivity index (χ0) is 19.2. The van der Waals surface area contributed by atoms with Crippen LogP contribution in [0.1, 0.15) is 0 Å². The van der Waals surface area contributed by atoms with Gasteiger partial charge < -0.3 is 25.3 Å². The first kappa shape index (κ1) is 18.4. The van der Waals surface area contributed by atoms with E-state index in [4.69, 9.17) is 19.9 Å². The SMILES string of the molecule is COc1cc2c(Oc3ccc(NC=O)cc3F)ccnc2cc1OCCN. The van der Waals surface area contributed by atoms with Crippen LogP contribution in [-0.4, -0.2) is 31.7 Å². The molecule has 0 bridgehead atoms. The molecule has 0 saturated carbocycles. The highest BCUT2D eigenvalue weighted by molar-refractivity contribution is 5.88. The smallest absolute Gasteiger partial charge is 0.211 e. The number of benzene rings is 2. The van der Waals surface area contributed by atoms with E-state index in [0.717, 1.165) is 0 Å². The first-order chi connectivity index (χ1) is 13.2. The Morgan fingerprint density at radius 1 is 1.15 bits per heavy atom. The van der Waals surface area contributed by atoms with Gasteiger partial charge in [-0.25, -0.2) is 4.39 Å². The number of halogens is 1. The maximum atomic E-state index is 14.3. The molecule has 0 radical (unpaired) electrons. The minimum atomic E-state index is -0.610. The monoisotopic (exact) mass is 371 g/mol. The van der Waals surface area contributed by atoms with Crippen LogP contribution in [0.3, 0.4) is 0 Å². The number of hydrogen-bond donors (Lipinski definition) is 2. The number of carbonyl (C=O) groups is 1. The fourth-order valence-electron chi connectivity index (χ4n) is 2.52. The Bertz CT molecular complexity index is 965. The summed E-state index contributed by atoms with van der Waals surface area (Å²) >= 11 is 0. The minimum Gasteiger partial charge on any atom is -0.493 e. The highest BCUT2D eigenvalue weighted by Crippen LogP contribution is 2.37. The molecule has 27 heavy (non-hydrogen) atoms. The van der Waals surface area contributed by atoms with Crippen molar-refractivity contribution in [2.24, 2.45) is 5.73 Å². The Balaban J connectivity index is 1.98. The van der Waals surface area contributed by atoms with E-state index in [1.54, 1.807) is 24.4 Å². The molecule has 0 aliphatic heterocycles. The van der Waals surface area contributed by atoms with E-state index < -0.39 is 5.82 Å². The molecule has 0 saturated heterocycles.